The number of carbonyl (C=O) groups excluding carboxylic acids is 2. The molecule has 7 heteroatoms. The van der Waals surface area contributed by atoms with Crippen molar-refractivity contribution in [3.8, 4) is 5.75 Å². The Morgan fingerprint density at radius 2 is 1.89 bits per heavy atom. The summed E-state index contributed by atoms with van der Waals surface area (Å²) in [5.74, 6) is 1.03. The van der Waals surface area contributed by atoms with Crippen LogP contribution in [0.25, 0.3) is 0 Å². The lowest BCUT2D eigenvalue weighted by Gasteiger charge is -2.09. The zero-order valence-corrected chi connectivity index (χ0v) is 16.2. The molecular weight excluding hydrogens is 348 g/mol. The largest absolute Gasteiger partial charge is 0.489 e. The number of rotatable bonds is 9. The number of aromatic nitrogens is 1. The van der Waals surface area contributed by atoms with E-state index < -0.39 is 5.97 Å². The average molecular weight is 374 g/mol. The molecule has 0 bridgehead atoms. The Morgan fingerprint density at radius 1 is 1.19 bits per heavy atom. The quantitative estimate of drug-likeness (QED) is 0.679. The van der Waals surface area contributed by atoms with Gasteiger partial charge in [0.05, 0.1) is 17.7 Å². The van der Waals surface area contributed by atoms with Crippen molar-refractivity contribution in [3.05, 3.63) is 46.8 Å². The fraction of sp³-hybridized carbons (Fsp3) is 0.450. The number of amides is 1. The molecule has 1 heterocycles. The Bertz CT molecular complexity index is 746. The number of nitrogens with zero attached hydrogens (tertiary/aromatic N) is 1. The smallest absolute Gasteiger partial charge is 0.310 e. The fourth-order valence-electron chi connectivity index (χ4n) is 2.30. The molecule has 0 saturated carbocycles. The molecule has 2 aromatic rings. The number of aryl methyl sites for hydroxylation is 2. The maximum atomic E-state index is 11.8. The second kappa shape index (κ2) is 9.75. The number of benzene rings is 1. The van der Waals surface area contributed by atoms with E-state index >= 15 is 0 Å². The lowest BCUT2D eigenvalue weighted by Crippen LogP contribution is -2.31. The molecule has 1 N–H and O–H groups in total. The van der Waals surface area contributed by atoms with Crippen LogP contribution in [0.1, 0.15) is 36.4 Å². The molecule has 0 unspecified atom stereocenters. The Balaban J connectivity index is 1.76. The summed E-state index contributed by atoms with van der Waals surface area (Å²) in [6.07, 6.45) is 0.0988. The van der Waals surface area contributed by atoms with Crippen molar-refractivity contribution in [2.45, 2.75) is 40.7 Å². The molecule has 0 radical (unpaired) electrons. The second-order valence-corrected chi connectivity index (χ2v) is 6.77. The van der Waals surface area contributed by atoms with E-state index in [1.54, 1.807) is 24.3 Å². The minimum Gasteiger partial charge on any atom is -0.489 e. The van der Waals surface area contributed by atoms with Crippen molar-refractivity contribution in [1.29, 1.82) is 0 Å². The first kappa shape index (κ1) is 20.5. The van der Waals surface area contributed by atoms with Crippen LogP contribution in [0.15, 0.2) is 28.8 Å². The Morgan fingerprint density at radius 3 is 2.48 bits per heavy atom. The normalized spacial score (nSPS) is 10.7. The van der Waals surface area contributed by atoms with Crippen molar-refractivity contribution in [2.24, 2.45) is 5.92 Å². The maximum Gasteiger partial charge on any atom is 0.310 e. The zero-order chi connectivity index (χ0) is 19.8. The second-order valence-electron chi connectivity index (χ2n) is 6.77. The highest BCUT2D eigenvalue weighted by Crippen LogP contribution is 2.18. The van der Waals surface area contributed by atoms with Crippen LogP contribution in [0.3, 0.4) is 0 Å². The standard InChI is InChI=1S/C20H26N2O5/c1-13(2)10-21-19(23)12-26-20(24)9-16-5-7-17(8-6-16)25-11-18-14(3)22-27-15(18)4/h5-8,13H,9-12H2,1-4H3,(H,21,23). The van der Waals surface area contributed by atoms with Crippen LogP contribution in [0, 0.1) is 19.8 Å². The molecule has 27 heavy (non-hydrogen) atoms. The van der Waals surface area contributed by atoms with Crippen molar-refractivity contribution >= 4 is 11.9 Å². The topological polar surface area (TPSA) is 90.7 Å². The maximum absolute atomic E-state index is 11.8. The first-order valence-electron chi connectivity index (χ1n) is 8.91. The van der Waals surface area contributed by atoms with E-state index in [0.29, 0.717) is 24.8 Å². The molecule has 0 aliphatic carbocycles. The number of ether oxygens (including phenoxy) is 2. The van der Waals surface area contributed by atoms with Gasteiger partial charge in [-0.3, -0.25) is 9.59 Å². The molecule has 0 aliphatic heterocycles. The Kier molecular flexibility index (Phi) is 7.40. The average Bonchev–Trinajstić information content (AvgIpc) is 2.95. The van der Waals surface area contributed by atoms with Gasteiger partial charge in [-0.2, -0.15) is 0 Å². The van der Waals surface area contributed by atoms with Crippen molar-refractivity contribution in [3.63, 3.8) is 0 Å². The summed E-state index contributed by atoms with van der Waals surface area (Å²) in [6, 6.07) is 7.16. The summed E-state index contributed by atoms with van der Waals surface area (Å²) in [7, 11) is 0. The van der Waals surface area contributed by atoms with E-state index in [-0.39, 0.29) is 18.9 Å². The first-order valence-corrected chi connectivity index (χ1v) is 8.91. The van der Waals surface area contributed by atoms with E-state index in [1.807, 2.05) is 27.7 Å². The number of esters is 1. The van der Waals surface area contributed by atoms with Gasteiger partial charge in [-0.25, -0.2) is 0 Å². The molecule has 0 fully saturated rings. The van der Waals surface area contributed by atoms with E-state index in [1.165, 1.54) is 0 Å². The third kappa shape index (κ3) is 6.77. The summed E-state index contributed by atoms with van der Waals surface area (Å²) in [6.45, 7) is 8.37. The highest BCUT2D eigenvalue weighted by Gasteiger charge is 2.11. The number of carbonyl (C=O) groups is 2. The van der Waals surface area contributed by atoms with Crippen LogP contribution in [-0.4, -0.2) is 30.2 Å². The Hall–Kier alpha value is -2.83. The number of hydrogen-bond acceptors (Lipinski definition) is 6. The molecule has 0 aliphatic rings. The van der Waals surface area contributed by atoms with Gasteiger partial charge in [0.2, 0.25) is 0 Å². The summed E-state index contributed by atoms with van der Waals surface area (Å²) < 4.78 is 15.8. The van der Waals surface area contributed by atoms with Gasteiger partial charge in [0.15, 0.2) is 6.61 Å². The highest BCUT2D eigenvalue weighted by molar-refractivity contribution is 5.81. The molecule has 1 amide bonds. The van der Waals surface area contributed by atoms with Gasteiger partial charge in [-0.1, -0.05) is 31.1 Å². The molecule has 146 valence electrons. The predicted octanol–water partition coefficient (Wildman–Crippen LogP) is 2.73. The van der Waals surface area contributed by atoms with Crippen LogP contribution >= 0.6 is 0 Å². The van der Waals surface area contributed by atoms with Gasteiger partial charge < -0.3 is 19.3 Å². The van der Waals surface area contributed by atoms with Crippen LogP contribution in [0.4, 0.5) is 0 Å². The van der Waals surface area contributed by atoms with Gasteiger partial charge in [0, 0.05) is 6.54 Å². The van der Waals surface area contributed by atoms with Crippen LogP contribution in [0.2, 0.25) is 0 Å². The zero-order valence-electron chi connectivity index (χ0n) is 16.2. The molecule has 2 rings (SSSR count). The molecule has 0 spiro atoms. The summed E-state index contributed by atoms with van der Waals surface area (Å²) in [5, 5.41) is 6.59. The van der Waals surface area contributed by atoms with E-state index in [0.717, 1.165) is 22.6 Å². The molecule has 1 aromatic heterocycles. The highest BCUT2D eigenvalue weighted by atomic mass is 16.5. The SMILES string of the molecule is Cc1noc(C)c1COc1ccc(CC(=O)OCC(=O)NCC(C)C)cc1. The van der Waals surface area contributed by atoms with Crippen molar-refractivity contribution in [1.82, 2.24) is 10.5 Å². The van der Waals surface area contributed by atoms with Gasteiger partial charge in [0.1, 0.15) is 18.1 Å². The minimum absolute atomic E-state index is 0.0988. The van der Waals surface area contributed by atoms with Gasteiger partial charge >= 0.3 is 5.97 Å². The van der Waals surface area contributed by atoms with Crippen LogP contribution in [-0.2, 0) is 27.4 Å². The third-order valence-electron chi connectivity index (χ3n) is 3.91. The molecule has 0 saturated heterocycles. The van der Waals surface area contributed by atoms with Crippen molar-refractivity contribution < 1.29 is 23.6 Å². The summed E-state index contributed by atoms with van der Waals surface area (Å²) in [5.41, 5.74) is 2.52. The van der Waals surface area contributed by atoms with E-state index in [2.05, 4.69) is 10.5 Å². The lowest BCUT2D eigenvalue weighted by molar-refractivity contribution is -0.147. The third-order valence-corrected chi connectivity index (χ3v) is 3.91. The monoisotopic (exact) mass is 374 g/mol. The van der Waals surface area contributed by atoms with Crippen LogP contribution < -0.4 is 10.1 Å². The lowest BCUT2D eigenvalue weighted by atomic mass is 10.1. The summed E-state index contributed by atoms with van der Waals surface area (Å²) in [4.78, 5) is 23.4. The number of hydrogen-bond donors (Lipinski definition) is 1. The molecule has 0 atom stereocenters. The van der Waals surface area contributed by atoms with E-state index in [9.17, 15) is 9.59 Å². The molecular formula is C20H26N2O5. The van der Waals surface area contributed by atoms with E-state index in [4.69, 9.17) is 14.0 Å². The molecule has 7 nitrogen and oxygen atoms in total. The predicted molar refractivity (Wildman–Crippen MR) is 99.3 cm³/mol. The van der Waals surface area contributed by atoms with Crippen LogP contribution in [0.5, 0.6) is 5.75 Å². The van der Waals surface area contributed by atoms with Gasteiger partial charge in [-0.05, 0) is 37.5 Å². The minimum atomic E-state index is -0.445. The van der Waals surface area contributed by atoms with Gasteiger partial charge in [0.25, 0.3) is 5.91 Å². The summed E-state index contributed by atoms with van der Waals surface area (Å²) >= 11 is 0. The Labute approximate surface area is 159 Å². The molecule has 1 aromatic carbocycles. The van der Waals surface area contributed by atoms with Crippen molar-refractivity contribution in [2.75, 3.05) is 13.2 Å². The van der Waals surface area contributed by atoms with Gasteiger partial charge in [-0.15, -0.1) is 0 Å². The number of nitrogens with one attached hydrogen (secondary N) is 1. The fourth-order valence-corrected chi connectivity index (χ4v) is 2.30. The first-order chi connectivity index (χ1) is 12.8.